The van der Waals surface area contributed by atoms with Gasteiger partial charge >= 0.3 is 12.1 Å². The van der Waals surface area contributed by atoms with E-state index in [1.54, 1.807) is 25.1 Å². The Morgan fingerprint density at radius 3 is 2.47 bits per heavy atom. The van der Waals surface area contributed by atoms with Gasteiger partial charge < -0.3 is 18.9 Å². The maximum atomic E-state index is 11.5. The highest BCUT2D eigenvalue weighted by Crippen LogP contribution is 2.31. The van der Waals surface area contributed by atoms with Gasteiger partial charge in [-0.15, -0.1) is 0 Å². The van der Waals surface area contributed by atoms with Gasteiger partial charge in [0.25, 0.3) is 0 Å². The Morgan fingerprint density at radius 2 is 1.89 bits per heavy atom. The van der Waals surface area contributed by atoms with Crippen molar-refractivity contribution in [1.29, 1.82) is 0 Å². The molecule has 0 saturated carbocycles. The van der Waals surface area contributed by atoms with Crippen LogP contribution < -0.4 is 9.47 Å². The summed E-state index contributed by atoms with van der Waals surface area (Å²) < 4.78 is 19.3. The fourth-order valence-corrected chi connectivity index (χ4v) is 1.52. The average Bonchev–Trinajstić information content (AvgIpc) is 2.38. The molecule has 6 heteroatoms. The lowest BCUT2D eigenvalue weighted by atomic mass is 10.1. The van der Waals surface area contributed by atoms with Crippen LogP contribution in [-0.4, -0.2) is 33.0 Å². The Kier molecular flexibility index (Phi) is 5.66. The Hall–Kier alpha value is -2.24. The van der Waals surface area contributed by atoms with Crippen LogP contribution in [0.3, 0.4) is 0 Å². The summed E-state index contributed by atoms with van der Waals surface area (Å²) in [5.41, 5.74) is 0.566. The zero-order chi connectivity index (χ0) is 14.3. The second kappa shape index (κ2) is 7.25. The second-order valence-electron chi connectivity index (χ2n) is 3.49. The van der Waals surface area contributed by atoms with Crippen molar-refractivity contribution in [3.8, 4) is 11.5 Å². The molecular formula is C13H16O6. The van der Waals surface area contributed by atoms with Crippen LogP contribution in [0.4, 0.5) is 4.79 Å². The molecule has 0 atom stereocenters. The number of esters is 1. The van der Waals surface area contributed by atoms with Crippen molar-refractivity contribution in [2.24, 2.45) is 0 Å². The van der Waals surface area contributed by atoms with Crippen molar-refractivity contribution in [2.75, 3.05) is 20.8 Å². The molecule has 1 rings (SSSR count). The van der Waals surface area contributed by atoms with Crippen molar-refractivity contribution in [3.63, 3.8) is 0 Å². The van der Waals surface area contributed by atoms with E-state index in [0.29, 0.717) is 17.1 Å². The van der Waals surface area contributed by atoms with E-state index in [0.717, 1.165) is 0 Å². The molecule has 0 radical (unpaired) electrons. The monoisotopic (exact) mass is 268 g/mol. The van der Waals surface area contributed by atoms with Crippen LogP contribution in [0.15, 0.2) is 18.2 Å². The van der Waals surface area contributed by atoms with Crippen molar-refractivity contribution in [2.45, 2.75) is 13.3 Å². The zero-order valence-electron chi connectivity index (χ0n) is 11.1. The predicted octanol–water partition coefficient (Wildman–Crippen LogP) is 1.95. The molecular weight excluding hydrogens is 252 g/mol. The van der Waals surface area contributed by atoms with Gasteiger partial charge in [-0.3, -0.25) is 4.79 Å². The van der Waals surface area contributed by atoms with E-state index in [1.807, 2.05) is 0 Å². The third-order valence-electron chi connectivity index (χ3n) is 2.28. The van der Waals surface area contributed by atoms with Crippen LogP contribution >= 0.6 is 0 Å². The van der Waals surface area contributed by atoms with Crippen LogP contribution in [0.25, 0.3) is 0 Å². The van der Waals surface area contributed by atoms with Crippen molar-refractivity contribution < 1.29 is 28.5 Å². The number of hydrogen-bond donors (Lipinski definition) is 0. The fraction of sp³-hybridized carbons (Fsp3) is 0.385. The molecule has 0 bridgehead atoms. The molecule has 0 N–H and O–H groups in total. The lowest BCUT2D eigenvalue weighted by Crippen LogP contribution is -2.16. The van der Waals surface area contributed by atoms with Crippen LogP contribution in [0, 0.1) is 0 Å². The van der Waals surface area contributed by atoms with Gasteiger partial charge in [-0.25, -0.2) is 4.79 Å². The van der Waals surface area contributed by atoms with E-state index in [1.165, 1.54) is 14.2 Å². The molecule has 0 aliphatic heterocycles. The number of para-hydroxylation sites is 1. The lowest BCUT2D eigenvalue weighted by Gasteiger charge is -2.11. The number of methoxy groups -OCH3 is 2. The molecule has 0 aromatic heterocycles. The molecule has 104 valence electrons. The van der Waals surface area contributed by atoms with Crippen LogP contribution in [0.5, 0.6) is 11.5 Å². The van der Waals surface area contributed by atoms with Gasteiger partial charge in [0, 0.05) is 5.56 Å². The first-order valence-corrected chi connectivity index (χ1v) is 5.69. The summed E-state index contributed by atoms with van der Waals surface area (Å²) in [5.74, 6) is 0.222. The first kappa shape index (κ1) is 14.8. The summed E-state index contributed by atoms with van der Waals surface area (Å²) >= 11 is 0. The largest absolute Gasteiger partial charge is 0.516 e. The maximum Gasteiger partial charge on any atom is 0.516 e. The van der Waals surface area contributed by atoms with Gasteiger partial charge in [-0.2, -0.15) is 0 Å². The first-order chi connectivity index (χ1) is 9.12. The minimum absolute atomic E-state index is 0.112. The van der Waals surface area contributed by atoms with E-state index in [2.05, 4.69) is 9.47 Å². The molecule has 0 aliphatic carbocycles. The minimum atomic E-state index is -1.01. The number of ether oxygens (including phenoxy) is 4. The molecule has 0 fully saturated rings. The predicted molar refractivity (Wildman–Crippen MR) is 66.4 cm³/mol. The van der Waals surface area contributed by atoms with E-state index < -0.39 is 12.1 Å². The lowest BCUT2D eigenvalue weighted by molar-refractivity contribution is -0.138. The summed E-state index contributed by atoms with van der Waals surface area (Å²) in [6.07, 6.45) is -1.12. The number of rotatable bonds is 5. The van der Waals surface area contributed by atoms with Crippen LogP contribution in [-0.2, 0) is 20.7 Å². The maximum absolute atomic E-state index is 11.5. The molecule has 0 aliphatic rings. The molecule has 19 heavy (non-hydrogen) atoms. The Balaban J connectivity index is 2.76. The van der Waals surface area contributed by atoms with E-state index in [-0.39, 0.29) is 13.0 Å². The first-order valence-electron chi connectivity index (χ1n) is 5.69. The highest BCUT2D eigenvalue weighted by Gasteiger charge is 2.16. The number of carbonyl (C=O) groups is 2. The Bertz CT molecular complexity index is 454. The van der Waals surface area contributed by atoms with Gasteiger partial charge in [0.2, 0.25) is 0 Å². The van der Waals surface area contributed by atoms with E-state index in [9.17, 15) is 9.59 Å². The van der Waals surface area contributed by atoms with Gasteiger partial charge in [0.15, 0.2) is 11.5 Å². The minimum Gasteiger partial charge on any atom is -0.493 e. The third kappa shape index (κ3) is 4.17. The number of carbonyl (C=O) groups excluding carboxylic acids is 2. The summed E-state index contributed by atoms with van der Waals surface area (Å²) in [6.45, 7) is 1.77. The Morgan fingerprint density at radius 1 is 1.16 bits per heavy atom. The molecule has 6 nitrogen and oxygen atoms in total. The van der Waals surface area contributed by atoms with Gasteiger partial charge in [0.1, 0.15) is 0 Å². The average molecular weight is 268 g/mol. The summed E-state index contributed by atoms with van der Waals surface area (Å²) in [4.78, 5) is 22.5. The fourth-order valence-electron chi connectivity index (χ4n) is 1.52. The van der Waals surface area contributed by atoms with Crippen molar-refractivity contribution >= 4 is 12.1 Å². The smallest absolute Gasteiger partial charge is 0.493 e. The molecule has 0 spiro atoms. The topological polar surface area (TPSA) is 71.1 Å². The zero-order valence-corrected chi connectivity index (χ0v) is 11.1. The van der Waals surface area contributed by atoms with E-state index >= 15 is 0 Å². The second-order valence-corrected chi connectivity index (χ2v) is 3.49. The highest BCUT2D eigenvalue weighted by atomic mass is 16.7. The normalized spacial score (nSPS) is 9.63. The van der Waals surface area contributed by atoms with Gasteiger partial charge in [-0.1, -0.05) is 12.1 Å². The highest BCUT2D eigenvalue weighted by molar-refractivity contribution is 5.84. The quantitative estimate of drug-likeness (QED) is 0.600. The number of hydrogen-bond acceptors (Lipinski definition) is 6. The van der Waals surface area contributed by atoms with E-state index in [4.69, 9.17) is 9.47 Å². The molecule has 0 heterocycles. The number of benzene rings is 1. The molecule has 0 saturated heterocycles. The van der Waals surface area contributed by atoms with Crippen LogP contribution in [0.2, 0.25) is 0 Å². The molecule has 0 amide bonds. The van der Waals surface area contributed by atoms with Crippen molar-refractivity contribution in [1.82, 2.24) is 0 Å². The van der Waals surface area contributed by atoms with Crippen molar-refractivity contribution in [3.05, 3.63) is 23.8 Å². The van der Waals surface area contributed by atoms with Gasteiger partial charge in [-0.05, 0) is 13.0 Å². The standard InChI is InChI=1S/C13H16O6/c1-4-18-13(15)19-11(14)8-9-6-5-7-10(16-2)12(9)17-3/h5-7H,4,8H2,1-3H3. The Labute approximate surface area is 111 Å². The SMILES string of the molecule is CCOC(=O)OC(=O)Cc1cccc(OC)c1OC. The molecule has 1 aromatic carbocycles. The molecule has 0 unspecified atom stereocenters. The third-order valence-corrected chi connectivity index (χ3v) is 2.28. The summed E-state index contributed by atoms with van der Waals surface area (Å²) in [5, 5.41) is 0. The molecule has 1 aromatic rings. The summed E-state index contributed by atoms with van der Waals surface area (Å²) in [7, 11) is 2.97. The van der Waals surface area contributed by atoms with Crippen LogP contribution in [0.1, 0.15) is 12.5 Å². The summed E-state index contributed by atoms with van der Waals surface area (Å²) in [6, 6.07) is 5.11. The van der Waals surface area contributed by atoms with Gasteiger partial charge in [0.05, 0.1) is 27.2 Å².